The van der Waals surface area contributed by atoms with E-state index in [0.29, 0.717) is 6.04 Å². The number of nitrogens with one attached hydrogen (secondary N) is 1. The molecule has 1 N–H and O–H groups in total. The lowest BCUT2D eigenvalue weighted by molar-refractivity contribution is 0.148. The number of urea groups is 1. The Kier molecular flexibility index (Phi) is 3.09. The summed E-state index contributed by atoms with van der Waals surface area (Å²) in [6, 6.07) is 0.728. The normalized spacial score (nSPS) is 36.6. The Hall–Kier alpha value is -1.36. The van der Waals surface area contributed by atoms with E-state index in [-0.39, 0.29) is 17.6 Å². The lowest BCUT2D eigenvalue weighted by Crippen LogP contribution is -2.62. The van der Waals surface area contributed by atoms with Gasteiger partial charge in [0.25, 0.3) is 0 Å². The van der Waals surface area contributed by atoms with Crippen molar-refractivity contribution < 1.29 is 4.79 Å². The maximum atomic E-state index is 12.3. The Bertz CT molecular complexity index is 427. The molecule has 0 saturated carbocycles. The Balaban J connectivity index is 1.87. The summed E-state index contributed by atoms with van der Waals surface area (Å²) in [5.74, 6) is 0. The Morgan fingerprint density at radius 2 is 2.26 bits per heavy atom. The average molecular weight is 262 g/mol. The number of carbonyl (C=O) groups is 1. The zero-order chi connectivity index (χ0) is 13.5. The molecule has 3 heterocycles. The van der Waals surface area contributed by atoms with E-state index in [1.807, 2.05) is 6.20 Å². The first-order chi connectivity index (χ1) is 9.12. The first-order valence-corrected chi connectivity index (χ1v) is 7.10. The molecule has 104 valence electrons. The highest BCUT2D eigenvalue weighted by Crippen LogP contribution is 2.40. The Morgan fingerprint density at radius 3 is 3.05 bits per heavy atom. The van der Waals surface area contributed by atoms with E-state index in [2.05, 4.69) is 16.4 Å². The number of amides is 2. The molecule has 5 heteroatoms. The van der Waals surface area contributed by atoms with Crippen molar-refractivity contribution in [2.75, 3.05) is 14.1 Å². The molecule has 2 fully saturated rings. The zero-order valence-electron chi connectivity index (χ0n) is 11.7. The average Bonchev–Trinajstić information content (AvgIpc) is 2.74. The molecular weight excluding hydrogens is 240 g/mol. The molecule has 2 saturated heterocycles. The second kappa shape index (κ2) is 4.63. The molecule has 3 rings (SSSR count). The van der Waals surface area contributed by atoms with E-state index in [1.165, 1.54) is 19.3 Å². The van der Waals surface area contributed by atoms with Crippen LogP contribution >= 0.6 is 0 Å². The van der Waals surface area contributed by atoms with Crippen LogP contribution in [0.4, 0.5) is 4.79 Å². The van der Waals surface area contributed by atoms with Crippen LogP contribution in [0, 0.1) is 0 Å². The minimum Gasteiger partial charge on any atom is -0.330 e. The fourth-order valence-corrected chi connectivity index (χ4v) is 3.70. The molecule has 0 spiro atoms. The minimum atomic E-state index is 0.00305. The number of carbonyl (C=O) groups excluding carboxylic acids is 1. The van der Waals surface area contributed by atoms with E-state index in [0.717, 1.165) is 12.8 Å². The predicted molar refractivity (Wildman–Crippen MR) is 75.1 cm³/mol. The van der Waals surface area contributed by atoms with Gasteiger partial charge in [-0.3, -0.25) is 4.90 Å². The van der Waals surface area contributed by atoms with Gasteiger partial charge in [-0.1, -0.05) is 0 Å². The van der Waals surface area contributed by atoms with E-state index in [9.17, 15) is 4.79 Å². The molecule has 3 unspecified atom stereocenters. The van der Waals surface area contributed by atoms with Crippen molar-refractivity contribution >= 4 is 12.4 Å². The van der Waals surface area contributed by atoms with Crippen LogP contribution in [0.15, 0.2) is 17.3 Å². The molecule has 0 aromatic heterocycles. The molecule has 3 atom stereocenters. The van der Waals surface area contributed by atoms with Crippen molar-refractivity contribution in [1.82, 2.24) is 15.1 Å². The highest BCUT2D eigenvalue weighted by atomic mass is 16.2. The van der Waals surface area contributed by atoms with E-state index >= 15 is 0 Å². The molecule has 2 bridgehead atoms. The van der Waals surface area contributed by atoms with Gasteiger partial charge in [0.05, 0.1) is 12.4 Å². The van der Waals surface area contributed by atoms with Crippen molar-refractivity contribution in [1.29, 1.82) is 0 Å². The van der Waals surface area contributed by atoms with Gasteiger partial charge in [-0.25, -0.2) is 9.79 Å². The second-order valence-electron chi connectivity index (χ2n) is 6.06. The van der Waals surface area contributed by atoms with Gasteiger partial charge in [-0.15, -0.1) is 0 Å². The molecule has 3 aliphatic rings. The summed E-state index contributed by atoms with van der Waals surface area (Å²) in [6.07, 6.45) is 11.6. The molecular formula is C14H22N4O. The predicted octanol–water partition coefficient (Wildman–Crippen LogP) is 1.57. The highest BCUT2D eigenvalue weighted by molar-refractivity contribution is 5.88. The van der Waals surface area contributed by atoms with Crippen molar-refractivity contribution in [2.45, 2.75) is 49.7 Å². The lowest BCUT2D eigenvalue weighted by atomic mass is 9.82. The first-order valence-electron chi connectivity index (χ1n) is 7.10. The topological polar surface area (TPSA) is 47.9 Å². The maximum absolute atomic E-state index is 12.3. The maximum Gasteiger partial charge on any atom is 0.325 e. The summed E-state index contributed by atoms with van der Waals surface area (Å²) in [5, 5.41) is 3.77. The standard InChI is InChI=1S/C14H22N4O/c1-17(2)13(19)18-10-15-9-6-12(18)14-7-3-4-11(16-14)5-8-14/h6,9-12,16H,3-5,7-8H2,1-2H3. The second-order valence-corrected chi connectivity index (χ2v) is 6.06. The van der Waals surface area contributed by atoms with Gasteiger partial charge >= 0.3 is 6.03 Å². The number of fused-ring (bicyclic) bond motifs is 2. The van der Waals surface area contributed by atoms with Crippen LogP contribution < -0.4 is 5.32 Å². The van der Waals surface area contributed by atoms with Crippen molar-refractivity contribution in [3.63, 3.8) is 0 Å². The van der Waals surface area contributed by atoms with Crippen LogP contribution in [0.25, 0.3) is 0 Å². The quantitative estimate of drug-likeness (QED) is 0.779. The molecule has 19 heavy (non-hydrogen) atoms. The van der Waals surface area contributed by atoms with Crippen LogP contribution in [-0.2, 0) is 0 Å². The van der Waals surface area contributed by atoms with Gasteiger partial charge in [0.15, 0.2) is 0 Å². The summed E-state index contributed by atoms with van der Waals surface area (Å²) in [5.41, 5.74) is 0.0531. The van der Waals surface area contributed by atoms with Gasteiger partial charge in [-0.05, 0) is 38.2 Å². The van der Waals surface area contributed by atoms with Crippen LogP contribution in [0.1, 0.15) is 32.1 Å². The number of rotatable bonds is 1. The fraction of sp³-hybridized carbons (Fsp3) is 0.714. The molecule has 2 amide bonds. The molecule has 0 aliphatic carbocycles. The van der Waals surface area contributed by atoms with Gasteiger partial charge < -0.3 is 10.2 Å². The summed E-state index contributed by atoms with van der Waals surface area (Å²) < 4.78 is 0. The zero-order valence-corrected chi connectivity index (χ0v) is 11.7. The smallest absolute Gasteiger partial charge is 0.325 e. The van der Waals surface area contributed by atoms with Gasteiger partial charge in [-0.2, -0.15) is 0 Å². The molecule has 5 nitrogen and oxygen atoms in total. The van der Waals surface area contributed by atoms with Crippen LogP contribution in [0.3, 0.4) is 0 Å². The minimum absolute atomic E-state index is 0.00305. The van der Waals surface area contributed by atoms with Crippen molar-refractivity contribution in [3.05, 3.63) is 12.3 Å². The fourth-order valence-electron chi connectivity index (χ4n) is 3.70. The Labute approximate surface area is 114 Å². The van der Waals surface area contributed by atoms with Crippen LogP contribution in [-0.4, -0.2) is 53.9 Å². The molecule has 0 aromatic rings. The third kappa shape index (κ3) is 2.06. The number of hydrogen-bond donors (Lipinski definition) is 1. The third-order valence-corrected chi connectivity index (χ3v) is 4.62. The van der Waals surface area contributed by atoms with Crippen molar-refractivity contribution in [3.8, 4) is 0 Å². The van der Waals surface area contributed by atoms with E-state index < -0.39 is 0 Å². The number of piperidine rings is 1. The highest BCUT2D eigenvalue weighted by Gasteiger charge is 2.49. The number of nitrogens with zero attached hydrogens (tertiary/aromatic N) is 3. The number of aliphatic imine (C=N–C) groups is 1. The van der Waals surface area contributed by atoms with Crippen LogP contribution in [0.5, 0.6) is 0 Å². The van der Waals surface area contributed by atoms with Crippen molar-refractivity contribution in [2.24, 2.45) is 4.99 Å². The van der Waals surface area contributed by atoms with Gasteiger partial charge in [0.1, 0.15) is 0 Å². The first kappa shape index (κ1) is 12.7. The largest absolute Gasteiger partial charge is 0.330 e. The summed E-state index contributed by atoms with van der Waals surface area (Å²) in [4.78, 5) is 19.8. The summed E-state index contributed by atoms with van der Waals surface area (Å²) >= 11 is 0. The summed E-state index contributed by atoms with van der Waals surface area (Å²) in [7, 11) is 3.57. The Morgan fingerprint density at radius 1 is 1.42 bits per heavy atom. The van der Waals surface area contributed by atoms with Gasteiger partial charge in [0.2, 0.25) is 0 Å². The summed E-state index contributed by atoms with van der Waals surface area (Å²) in [6.45, 7) is 0. The van der Waals surface area contributed by atoms with Gasteiger partial charge in [0, 0.05) is 31.9 Å². The lowest BCUT2D eigenvalue weighted by Gasteiger charge is -2.45. The SMILES string of the molecule is CN(C)C(=O)N1C=NC=CC1C12CCCC(CC1)N2. The monoisotopic (exact) mass is 262 g/mol. The third-order valence-electron chi connectivity index (χ3n) is 4.62. The van der Waals surface area contributed by atoms with E-state index in [4.69, 9.17) is 0 Å². The van der Waals surface area contributed by atoms with E-state index in [1.54, 1.807) is 30.2 Å². The van der Waals surface area contributed by atoms with Crippen LogP contribution in [0.2, 0.25) is 0 Å². The molecule has 0 aromatic carbocycles. The molecule has 3 aliphatic heterocycles. The number of hydrogen-bond acceptors (Lipinski definition) is 3. The molecule has 0 radical (unpaired) electrons.